The second-order valence-electron chi connectivity index (χ2n) is 6.77. The van der Waals surface area contributed by atoms with Gasteiger partial charge in [-0.15, -0.1) is 0 Å². The Morgan fingerprint density at radius 2 is 1.81 bits per heavy atom. The number of ether oxygens (including phenoxy) is 2. The molecule has 8 heteroatoms. The maximum absolute atomic E-state index is 12.6. The van der Waals surface area contributed by atoms with E-state index in [-0.39, 0.29) is 6.03 Å². The van der Waals surface area contributed by atoms with E-state index in [1.165, 1.54) is 7.11 Å². The summed E-state index contributed by atoms with van der Waals surface area (Å²) >= 11 is 0. The molecule has 3 rings (SSSR count). The second-order valence-corrected chi connectivity index (χ2v) is 6.77. The molecule has 1 fully saturated rings. The Hall–Kier alpha value is -2.58. The molecular weight excluding hydrogens is 348 g/mol. The molecule has 1 saturated heterocycles. The summed E-state index contributed by atoms with van der Waals surface area (Å²) in [5.74, 6) is 0.257. The molecule has 0 aromatic heterocycles. The smallest absolute Gasteiger partial charge is 0.338 e. The van der Waals surface area contributed by atoms with Gasteiger partial charge in [0.25, 0.3) is 0 Å². The number of carbonyl (C=O) groups excluding carboxylic acids is 2. The Labute approximate surface area is 159 Å². The summed E-state index contributed by atoms with van der Waals surface area (Å²) in [6.45, 7) is 4.16. The van der Waals surface area contributed by atoms with Gasteiger partial charge in [-0.3, -0.25) is 4.90 Å². The van der Waals surface area contributed by atoms with E-state index in [1.807, 2.05) is 12.1 Å². The molecule has 146 valence electrons. The van der Waals surface area contributed by atoms with Crippen LogP contribution in [0.5, 0.6) is 5.75 Å². The number of carbonyl (C=O) groups is 2. The van der Waals surface area contributed by atoms with E-state index in [0.717, 1.165) is 31.7 Å². The van der Waals surface area contributed by atoms with Gasteiger partial charge in [0.1, 0.15) is 5.75 Å². The van der Waals surface area contributed by atoms with Gasteiger partial charge < -0.3 is 25.0 Å². The zero-order valence-corrected chi connectivity index (χ0v) is 15.9. The van der Waals surface area contributed by atoms with Crippen LogP contribution in [-0.4, -0.2) is 75.8 Å². The highest BCUT2D eigenvalue weighted by atomic mass is 16.5. The van der Waals surface area contributed by atoms with Crippen molar-refractivity contribution in [2.45, 2.75) is 6.04 Å². The molecule has 2 N–H and O–H groups in total. The number of likely N-dealkylation sites (N-methyl/N-ethyl adjacent to an activating group) is 1. The van der Waals surface area contributed by atoms with Gasteiger partial charge in [-0.25, -0.2) is 9.59 Å². The average Bonchev–Trinajstić information content (AvgIpc) is 2.69. The van der Waals surface area contributed by atoms with Crippen LogP contribution >= 0.6 is 0 Å². The lowest BCUT2D eigenvalue weighted by atomic mass is 9.95. The third kappa shape index (κ3) is 4.40. The van der Waals surface area contributed by atoms with Gasteiger partial charge in [-0.1, -0.05) is 12.1 Å². The van der Waals surface area contributed by atoms with Crippen molar-refractivity contribution in [3.8, 4) is 5.75 Å². The average molecular weight is 374 g/mol. The minimum absolute atomic E-state index is 0.326. The Kier molecular flexibility index (Phi) is 5.98. The van der Waals surface area contributed by atoms with Crippen LogP contribution in [0, 0.1) is 0 Å². The zero-order chi connectivity index (χ0) is 19.4. The van der Waals surface area contributed by atoms with E-state index in [2.05, 4.69) is 27.5 Å². The van der Waals surface area contributed by atoms with Crippen molar-refractivity contribution in [3.05, 3.63) is 41.1 Å². The number of nitrogens with one attached hydrogen (secondary N) is 2. The number of hydrogen-bond donors (Lipinski definition) is 2. The molecule has 1 aromatic carbocycles. The molecule has 27 heavy (non-hydrogen) atoms. The normalized spacial score (nSPS) is 21.4. The summed E-state index contributed by atoms with van der Waals surface area (Å²) < 4.78 is 10.2. The van der Waals surface area contributed by atoms with Crippen molar-refractivity contribution in [3.63, 3.8) is 0 Å². The largest absolute Gasteiger partial charge is 0.497 e. The van der Waals surface area contributed by atoms with Gasteiger partial charge in [0.05, 0.1) is 25.8 Å². The van der Waals surface area contributed by atoms with Crippen molar-refractivity contribution in [2.75, 3.05) is 54.0 Å². The number of methoxy groups -OCH3 is 2. The molecule has 1 atom stereocenters. The first-order valence-corrected chi connectivity index (χ1v) is 8.95. The number of piperazine rings is 1. The summed E-state index contributed by atoms with van der Waals surface area (Å²) in [6, 6.07) is 6.39. The number of hydrogen-bond acceptors (Lipinski definition) is 6. The predicted molar refractivity (Wildman–Crippen MR) is 100 cm³/mol. The third-order valence-corrected chi connectivity index (χ3v) is 4.99. The van der Waals surface area contributed by atoms with E-state index in [9.17, 15) is 9.59 Å². The summed E-state index contributed by atoms with van der Waals surface area (Å²) in [6.07, 6.45) is 0. The van der Waals surface area contributed by atoms with E-state index < -0.39 is 12.0 Å². The fraction of sp³-hybridized carbons (Fsp3) is 0.474. The minimum atomic E-state index is -0.570. The number of esters is 1. The monoisotopic (exact) mass is 374 g/mol. The van der Waals surface area contributed by atoms with Crippen molar-refractivity contribution < 1.29 is 19.1 Å². The molecule has 0 unspecified atom stereocenters. The van der Waals surface area contributed by atoms with E-state index in [4.69, 9.17) is 9.47 Å². The molecule has 2 heterocycles. The van der Waals surface area contributed by atoms with Crippen LogP contribution in [0.1, 0.15) is 11.6 Å². The number of amides is 2. The van der Waals surface area contributed by atoms with Gasteiger partial charge in [-0.2, -0.15) is 0 Å². The number of nitrogens with zero attached hydrogens (tertiary/aromatic N) is 2. The standard InChI is InChI=1S/C19H26N4O4/c1-22-8-10-23(11-9-22)12-15-16(18(24)27-3)17(21-19(25)20-15)13-4-6-14(26-2)7-5-13/h4-7,17H,8-12H2,1-3H3,(H2,20,21,25)/t17-/m0/s1. The number of rotatable bonds is 5. The first kappa shape index (κ1) is 19.2. The maximum Gasteiger partial charge on any atom is 0.338 e. The summed E-state index contributed by atoms with van der Waals surface area (Å²) in [5, 5.41) is 5.64. The molecule has 1 aromatic rings. The lowest BCUT2D eigenvalue weighted by Crippen LogP contribution is -2.51. The van der Waals surface area contributed by atoms with Crippen LogP contribution in [0.15, 0.2) is 35.5 Å². The predicted octanol–water partition coefficient (Wildman–Crippen LogP) is 0.724. The first-order valence-electron chi connectivity index (χ1n) is 8.95. The molecule has 0 bridgehead atoms. The molecule has 0 spiro atoms. The van der Waals surface area contributed by atoms with E-state index in [1.54, 1.807) is 19.2 Å². The molecule has 8 nitrogen and oxygen atoms in total. The van der Waals surface area contributed by atoms with Gasteiger partial charge in [0, 0.05) is 38.4 Å². The van der Waals surface area contributed by atoms with Gasteiger partial charge in [-0.05, 0) is 24.7 Å². The lowest BCUT2D eigenvalue weighted by Gasteiger charge is -2.35. The van der Waals surface area contributed by atoms with Gasteiger partial charge in [0.15, 0.2) is 0 Å². The van der Waals surface area contributed by atoms with Crippen LogP contribution < -0.4 is 15.4 Å². The summed E-state index contributed by atoms with van der Waals surface area (Å²) in [7, 11) is 5.03. The highest BCUT2D eigenvalue weighted by Crippen LogP contribution is 2.29. The molecule has 2 aliphatic heterocycles. The van der Waals surface area contributed by atoms with Crippen molar-refractivity contribution in [1.82, 2.24) is 20.4 Å². The Balaban J connectivity index is 1.92. The fourth-order valence-electron chi connectivity index (χ4n) is 3.37. The molecule has 0 aliphatic carbocycles. The highest BCUT2D eigenvalue weighted by molar-refractivity contribution is 5.95. The van der Waals surface area contributed by atoms with Crippen molar-refractivity contribution in [2.24, 2.45) is 0 Å². The quantitative estimate of drug-likeness (QED) is 0.739. The molecule has 2 amide bonds. The van der Waals surface area contributed by atoms with Crippen LogP contribution in [-0.2, 0) is 9.53 Å². The van der Waals surface area contributed by atoms with Crippen molar-refractivity contribution in [1.29, 1.82) is 0 Å². The van der Waals surface area contributed by atoms with Gasteiger partial charge >= 0.3 is 12.0 Å². The highest BCUT2D eigenvalue weighted by Gasteiger charge is 2.34. The zero-order valence-electron chi connectivity index (χ0n) is 15.9. The summed E-state index contributed by atoms with van der Waals surface area (Å²) in [4.78, 5) is 29.3. The van der Waals surface area contributed by atoms with Crippen LogP contribution in [0.4, 0.5) is 4.79 Å². The van der Waals surface area contributed by atoms with Crippen LogP contribution in [0.3, 0.4) is 0 Å². The lowest BCUT2D eigenvalue weighted by molar-refractivity contribution is -0.136. The summed E-state index contributed by atoms with van der Waals surface area (Å²) in [5.41, 5.74) is 1.82. The number of urea groups is 1. The van der Waals surface area contributed by atoms with Crippen molar-refractivity contribution >= 4 is 12.0 Å². The molecular formula is C19H26N4O4. The Morgan fingerprint density at radius 1 is 1.15 bits per heavy atom. The minimum Gasteiger partial charge on any atom is -0.497 e. The van der Waals surface area contributed by atoms with Gasteiger partial charge in [0.2, 0.25) is 0 Å². The number of benzene rings is 1. The second kappa shape index (κ2) is 8.41. The third-order valence-electron chi connectivity index (χ3n) is 4.99. The first-order chi connectivity index (χ1) is 13.0. The van der Waals surface area contributed by atoms with E-state index in [0.29, 0.717) is 23.6 Å². The molecule has 2 aliphatic rings. The SMILES string of the molecule is COC(=O)C1=C(CN2CCN(C)CC2)NC(=O)N[C@H]1c1ccc(OC)cc1. The fourth-order valence-corrected chi connectivity index (χ4v) is 3.37. The van der Waals surface area contributed by atoms with Crippen LogP contribution in [0.25, 0.3) is 0 Å². The maximum atomic E-state index is 12.6. The van der Waals surface area contributed by atoms with Crippen LogP contribution in [0.2, 0.25) is 0 Å². The molecule has 0 radical (unpaired) electrons. The van der Waals surface area contributed by atoms with E-state index >= 15 is 0 Å². The Morgan fingerprint density at radius 3 is 2.41 bits per heavy atom. The Bertz CT molecular complexity index is 724. The molecule has 0 saturated carbocycles. The topological polar surface area (TPSA) is 83.1 Å².